The molecule has 6 heteroatoms. The summed E-state index contributed by atoms with van der Waals surface area (Å²) in [6.07, 6.45) is 1.84. The number of halogens is 1. The highest BCUT2D eigenvalue weighted by molar-refractivity contribution is 5.85. The molecule has 2 amide bonds. The first-order valence-corrected chi connectivity index (χ1v) is 5.30. The molecule has 0 aromatic carbocycles. The molecule has 0 heterocycles. The van der Waals surface area contributed by atoms with Gasteiger partial charge in [-0.1, -0.05) is 20.3 Å². The first-order valence-electron chi connectivity index (χ1n) is 5.30. The second kappa shape index (κ2) is 9.42. The van der Waals surface area contributed by atoms with Crippen LogP contribution in [0.2, 0.25) is 0 Å². The zero-order valence-electron chi connectivity index (χ0n) is 9.94. The summed E-state index contributed by atoms with van der Waals surface area (Å²) in [5, 5.41) is 0. The fourth-order valence-corrected chi connectivity index (χ4v) is 1.22. The van der Waals surface area contributed by atoms with Crippen LogP contribution in [0.5, 0.6) is 0 Å². The molecule has 0 radical (unpaired) electrons. The lowest BCUT2D eigenvalue weighted by molar-refractivity contribution is -0.138. The average molecular weight is 252 g/mol. The first kappa shape index (κ1) is 17.6. The molecule has 0 bridgehead atoms. The summed E-state index contributed by atoms with van der Waals surface area (Å²) in [7, 11) is 0. The topological polar surface area (TPSA) is 89.4 Å². The van der Waals surface area contributed by atoms with Crippen LogP contribution in [0.4, 0.5) is 0 Å². The van der Waals surface area contributed by atoms with E-state index in [-0.39, 0.29) is 30.8 Å². The molecule has 0 spiro atoms. The Morgan fingerprint density at radius 1 is 1.38 bits per heavy atom. The predicted octanol–water partition coefficient (Wildman–Crippen LogP) is 0.117. The number of carbonyl (C=O) groups is 2. The van der Waals surface area contributed by atoms with E-state index in [1.165, 1.54) is 4.90 Å². The van der Waals surface area contributed by atoms with Crippen molar-refractivity contribution in [2.24, 2.45) is 17.4 Å². The third-order valence-corrected chi connectivity index (χ3v) is 2.22. The molecule has 0 saturated heterocycles. The van der Waals surface area contributed by atoms with Crippen molar-refractivity contribution in [3.63, 3.8) is 0 Å². The molecule has 16 heavy (non-hydrogen) atoms. The van der Waals surface area contributed by atoms with Crippen LogP contribution in [0.25, 0.3) is 0 Å². The summed E-state index contributed by atoms with van der Waals surface area (Å²) >= 11 is 0. The molecule has 1 unspecified atom stereocenters. The van der Waals surface area contributed by atoms with Gasteiger partial charge >= 0.3 is 0 Å². The maximum atomic E-state index is 11.8. The minimum atomic E-state index is -0.483. The zero-order valence-corrected chi connectivity index (χ0v) is 10.8. The zero-order chi connectivity index (χ0) is 11.8. The number of nitrogens with zero attached hydrogens (tertiary/aromatic N) is 1. The Morgan fingerprint density at radius 2 is 1.94 bits per heavy atom. The molecule has 0 saturated carbocycles. The number of primary amides is 1. The van der Waals surface area contributed by atoms with Gasteiger partial charge in [-0.15, -0.1) is 12.4 Å². The van der Waals surface area contributed by atoms with Crippen LogP contribution in [0, 0.1) is 5.92 Å². The van der Waals surface area contributed by atoms with E-state index in [1.807, 2.05) is 6.92 Å². The van der Waals surface area contributed by atoms with Crippen LogP contribution in [0.15, 0.2) is 0 Å². The largest absolute Gasteiger partial charge is 0.368 e. The molecule has 5 nitrogen and oxygen atoms in total. The molecule has 0 aromatic heterocycles. The van der Waals surface area contributed by atoms with E-state index in [0.717, 1.165) is 12.8 Å². The fourth-order valence-electron chi connectivity index (χ4n) is 1.22. The minimum Gasteiger partial charge on any atom is -0.368 e. The molecule has 0 rings (SSSR count). The summed E-state index contributed by atoms with van der Waals surface area (Å²) < 4.78 is 0. The van der Waals surface area contributed by atoms with Crippen molar-refractivity contribution in [1.29, 1.82) is 0 Å². The first-order chi connectivity index (χ1) is 7.02. The molecule has 0 fully saturated rings. The number of unbranched alkanes of at least 4 members (excludes halogenated alkanes) is 1. The minimum absolute atomic E-state index is 0. The van der Waals surface area contributed by atoms with Gasteiger partial charge < -0.3 is 16.4 Å². The van der Waals surface area contributed by atoms with Crippen LogP contribution in [-0.2, 0) is 9.59 Å². The highest BCUT2D eigenvalue weighted by atomic mass is 35.5. The summed E-state index contributed by atoms with van der Waals surface area (Å²) in [4.78, 5) is 24.0. The summed E-state index contributed by atoms with van der Waals surface area (Å²) in [5.41, 5.74) is 10.5. The van der Waals surface area contributed by atoms with Crippen molar-refractivity contribution < 1.29 is 9.59 Å². The van der Waals surface area contributed by atoms with Gasteiger partial charge in [0.15, 0.2) is 0 Å². The molecule has 0 aromatic rings. The normalized spacial score (nSPS) is 11.4. The van der Waals surface area contributed by atoms with Crippen molar-refractivity contribution in [1.82, 2.24) is 4.90 Å². The SMILES string of the molecule is CCCCN(CC(N)=O)C(=O)C(C)CN.Cl. The summed E-state index contributed by atoms with van der Waals surface area (Å²) in [5.74, 6) is -0.824. The van der Waals surface area contributed by atoms with Gasteiger partial charge in [0.1, 0.15) is 0 Å². The number of carbonyl (C=O) groups excluding carboxylic acids is 2. The number of nitrogens with two attached hydrogens (primary N) is 2. The van der Waals surface area contributed by atoms with E-state index < -0.39 is 5.91 Å². The number of hydrogen-bond donors (Lipinski definition) is 2. The molecular weight excluding hydrogens is 230 g/mol. The summed E-state index contributed by atoms with van der Waals surface area (Å²) in [6, 6.07) is 0. The van der Waals surface area contributed by atoms with Crippen LogP contribution in [0.1, 0.15) is 26.7 Å². The van der Waals surface area contributed by atoms with E-state index >= 15 is 0 Å². The number of hydrogen-bond acceptors (Lipinski definition) is 3. The highest BCUT2D eigenvalue weighted by Crippen LogP contribution is 2.03. The predicted molar refractivity (Wildman–Crippen MR) is 66.1 cm³/mol. The average Bonchev–Trinajstić information content (AvgIpc) is 2.21. The molecule has 96 valence electrons. The molecule has 0 aliphatic heterocycles. The van der Waals surface area contributed by atoms with Crippen LogP contribution in [-0.4, -0.2) is 36.3 Å². The molecule has 0 aliphatic rings. The van der Waals surface area contributed by atoms with Gasteiger partial charge in [0, 0.05) is 19.0 Å². The third kappa shape index (κ3) is 6.63. The second-order valence-electron chi connectivity index (χ2n) is 3.72. The quantitative estimate of drug-likeness (QED) is 0.673. The third-order valence-electron chi connectivity index (χ3n) is 2.22. The van der Waals surface area contributed by atoms with Crippen LogP contribution < -0.4 is 11.5 Å². The van der Waals surface area contributed by atoms with Gasteiger partial charge in [-0.05, 0) is 6.42 Å². The van der Waals surface area contributed by atoms with Gasteiger partial charge in [0.25, 0.3) is 0 Å². The van der Waals surface area contributed by atoms with Crippen molar-refractivity contribution in [3.05, 3.63) is 0 Å². The smallest absolute Gasteiger partial charge is 0.237 e. The van der Waals surface area contributed by atoms with E-state index in [1.54, 1.807) is 6.92 Å². The van der Waals surface area contributed by atoms with E-state index in [4.69, 9.17) is 11.5 Å². The molecular formula is C10H22ClN3O2. The van der Waals surface area contributed by atoms with E-state index in [9.17, 15) is 9.59 Å². The Balaban J connectivity index is 0. The van der Waals surface area contributed by atoms with Gasteiger partial charge in [-0.3, -0.25) is 9.59 Å². The van der Waals surface area contributed by atoms with Gasteiger partial charge in [0.05, 0.1) is 6.54 Å². The molecule has 1 atom stereocenters. The van der Waals surface area contributed by atoms with E-state index in [2.05, 4.69) is 0 Å². The number of amides is 2. The monoisotopic (exact) mass is 251 g/mol. The Bertz CT molecular complexity index is 224. The Hall–Kier alpha value is -0.810. The Kier molecular flexibility index (Phi) is 10.3. The molecule has 0 aliphatic carbocycles. The fraction of sp³-hybridized carbons (Fsp3) is 0.800. The number of rotatable bonds is 7. The van der Waals surface area contributed by atoms with Gasteiger partial charge in [0.2, 0.25) is 11.8 Å². The van der Waals surface area contributed by atoms with Gasteiger partial charge in [-0.25, -0.2) is 0 Å². The molecule has 4 N–H and O–H groups in total. The van der Waals surface area contributed by atoms with Crippen molar-refractivity contribution in [3.8, 4) is 0 Å². The second-order valence-corrected chi connectivity index (χ2v) is 3.72. The standard InChI is InChI=1S/C10H21N3O2.ClH/c1-3-4-5-13(7-9(12)14)10(15)8(2)6-11;/h8H,3-7,11H2,1-2H3,(H2,12,14);1H. The maximum absolute atomic E-state index is 11.8. The van der Waals surface area contributed by atoms with Crippen LogP contribution in [0.3, 0.4) is 0 Å². The van der Waals surface area contributed by atoms with E-state index in [0.29, 0.717) is 13.1 Å². The summed E-state index contributed by atoms with van der Waals surface area (Å²) in [6.45, 7) is 4.63. The lowest BCUT2D eigenvalue weighted by Crippen LogP contribution is -2.43. The maximum Gasteiger partial charge on any atom is 0.237 e. The van der Waals surface area contributed by atoms with Gasteiger partial charge in [-0.2, -0.15) is 0 Å². The lowest BCUT2D eigenvalue weighted by Gasteiger charge is -2.23. The van der Waals surface area contributed by atoms with Crippen LogP contribution >= 0.6 is 12.4 Å². The van der Waals surface area contributed by atoms with Crippen molar-refractivity contribution in [2.45, 2.75) is 26.7 Å². The lowest BCUT2D eigenvalue weighted by atomic mass is 10.1. The Morgan fingerprint density at radius 3 is 2.31 bits per heavy atom. The Labute approximate surface area is 103 Å². The van der Waals surface area contributed by atoms with Crippen molar-refractivity contribution >= 4 is 24.2 Å². The highest BCUT2D eigenvalue weighted by Gasteiger charge is 2.20. The van der Waals surface area contributed by atoms with Crippen molar-refractivity contribution in [2.75, 3.05) is 19.6 Å².